The van der Waals surface area contributed by atoms with Gasteiger partial charge in [0.05, 0.1) is 28.5 Å². The van der Waals surface area contributed by atoms with Crippen LogP contribution in [-0.2, 0) is 13.6 Å². The summed E-state index contributed by atoms with van der Waals surface area (Å²) >= 11 is 1.87. The van der Waals surface area contributed by atoms with Crippen LogP contribution in [0.25, 0.3) is 32.8 Å². The molecule has 218 valence electrons. The van der Waals surface area contributed by atoms with E-state index in [2.05, 4.69) is 43.6 Å². The zero-order chi connectivity index (χ0) is 28.2. The van der Waals surface area contributed by atoms with Crippen LogP contribution in [0.5, 0.6) is 5.75 Å². The molecule has 2 aliphatic heterocycles. The lowest BCUT2D eigenvalue weighted by atomic mass is 9.93. The minimum Gasteiger partial charge on any atom is -0.494 e. The molecule has 4 aliphatic rings. The molecule has 2 aliphatic carbocycles. The Morgan fingerprint density at radius 3 is 2.68 bits per heavy atom. The Hall–Kier alpha value is -2.88. The molecule has 2 saturated carbocycles. The molecule has 0 radical (unpaired) electrons. The smallest absolute Gasteiger partial charge is 0.254 e. The molecular formula is C32H42N6O2S. The van der Waals surface area contributed by atoms with E-state index in [0.717, 1.165) is 67.5 Å². The molecule has 4 aromatic rings. The first-order valence-corrected chi connectivity index (χ1v) is 16.2. The average Bonchev–Trinajstić information content (AvgIpc) is 3.40. The molecule has 1 aromatic carbocycles. The van der Waals surface area contributed by atoms with Gasteiger partial charge in [0.15, 0.2) is 5.82 Å². The predicted molar refractivity (Wildman–Crippen MR) is 166 cm³/mol. The molecule has 3 N–H and O–H groups in total. The van der Waals surface area contributed by atoms with Crippen LogP contribution in [0.15, 0.2) is 23.6 Å². The molecule has 4 fully saturated rings. The summed E-state index contributed by atoms with van der Waals surface area (Å²) in [6, 6.07) is 6.67. The Bertz CT molecular complexity index is 1590. The van der Waals surface area contributed by atoms with Crippen molar-refractivity contribution in [2.75, 3.05) is 33.8 Å². The van der Waals surface area contributed by atoms with Gasteiger partial charge in [-0.1, -0.05) is 0 Å². The summed E-state index contributed by atoms with van der Waals surface area (Å²) in [7, 11) is 5.28. The van der Waals surface area contributed by atoms with Crippen LogP contribution in [0, 0.1) is 11.8 Å². The summed E-state index contributed by atoms with van der Waals surface area (Å²) in [5, 5.41) is 6.01. The summed E-state index contributed by atoms with van der Waals surface area (Å²) < 4.78 is 12.0. The van der Waals surface area contributed by atoms with Crippen LogP contribution in [0.3, 0.4) is 0 Å². The third-order valence-electron chi connectivity index (χ3n) is 9.82. The molecule has 5 heterocycles. The van der Waals surface area contributed by atoms with Gasteiger partial charge in [0.1, 0.15) is 11.3 Å². The summed E-state index contributed by atoms with van der Waals surface area (Å²) in [6.45, 7) is 4.13. The van der Waals surface area contributed by atoms with Crippen LogP contribution in [0.4, 0.5) is 0 Å². The topological polar surface area (TPSA) is 90.3 Å². The number of carbonyl (C=O) groups excluding carboxylic acids is 1. The standard InChI is InChI=1S/C31H37N5O2S.CH5N/c1-34-29-24(11-21(12-26(29)38-2)31(37)35-16-19-7-8-22(35)10-19)33-30(34)25-13-27-28(36(25)15-18-5-6-18)23(17-39-27)20-4-3-9-32-14-20;1-2/h11-13,17-20,22,32H,3-10,14-16H2,1-2H3;2H2,1H3/t19-,20?,22+;/m0./s1. The lowest BCUT2D eigenvalue weighted by Crippen LogP contribution is -2.37. The number of nitrogens with two attached hydrogens (primary N) is 1. The van der Waals surface area contributed by atoms with Gasteiger partial charge in [-0.25, -0.2) is 4.98 Å². The second-order valence-electron chi connectivity index (χ2n) is 12.4. The fourth-order valence-corrected chi connectivity index (χ4v) is 8.67. The van der Waals surface area contributed by atoms with E-state index in [1.165, 1.54) is 60.6 Å². The van der Waals surface area contributed by atoms with E-state index in [1.54, 1.807) is 7.11 Å². The number of likely N-dealkylation sites (tertiary alicyclic amines) is 1. The Kier molecular flexibility index (Phi) is 7.07. The molecule has 8 rings (SSSR count). The molecule has 41 heavy (non-hydrogen) atoms. The van der Waals surface area contributed by atoms with Crippen molar-refractivity contribution in [1.82, 2.24) is 24.3 Å². The van der Waals surface area contributed by atoms with Crippen molar-refractivity contribution in [3.05, 3.63) is 34.7 Å². The lowest BCUT2D eigenvalue weighted by Gasteiger charge is -2.27. The SMILES string of the molecule is CN.COc1cc(C(=O)N2C[C@H]3CC[C@@H]2C3)cc2nc(-c3cc4scc(C5CCCNC5)c4n3CC3CC3)n(C)c12. The quantitative estimate of drug-likeness (QED) is 0.324. The third-order valence-corrected chi connectivity index (χ3v) is 10.8. The van der Waals surface area contributed by atoms with E-state index >= 15 is 0 Å². The maximum absolute atomic E-state index is 13.6. The second kappa shape index (κ2) is 10.7. The number of benzene rings is 1. The van der Waals surface area contributed by atoms with E-state index in [0.29, 0.717) is 23.4 Å². The van der Waals surface area contributed by atoms with Crippen molar-refractivity contribution in [3.63, 3.8) is 0 Å². The normalized spacial score (nSPS) is 23.8. The highest BCUT2D eigenvalue weighted by molar-refractivity contribution is 7.17. The van der Waals surface area contributed by atoms with Gasteiger partial charge in [0.2, 0.25) is 0 Å². The number of hydrogen-bond donors (Lipinski definition) is 2. The second-order valence-corrected chi connectivity index (χ2v) is 13.3. The zero-order valence-electron chi connectivity index (χ0n) is 24.5. The van der Waals surface area contributed by atoms with Gasteiger partial charge in [-0.2, -0.15) is 0 Å². The maximum Gasteiger partial charge on any atom is 0.254 e. The Labute approximate surface area is 245 Å². The number of amides is 1. The molecule has 3 atom stereocenters. The van der Waals surface area contributed by atoms with E-state index in [-0.39, 0.29) is 5.91 Å². The average molecular weight is 575 g/mol. The van der Waals surface area contributed by atoms with E-state index in [4.69, 9.17) is 9.72 Å². The zero-order valence-corrected chi connectivity index (χ0v) is 25.3. The number of rotatable bonds is 6. The Balaban J connectivity index is 0.00000135. The molecule has 3 aromatic heterocycles. The largest absolute Gasteiger partial charge is 0.494 e. The van der Waals surface area contributed by atoms with Crippen molar-refractivity contribution in [2.45, 2.75) is 63.5 Å². The number of hydrogen-bond acceptors (Lipinski definition) is 6. The first-order chi connectivity index (χ1) is 20.1. The van der Waals surface area contributed by atoms with E-state index < -0.39 is 0 Å². The van der Waals surface area contributed by atoms with Crippen LogP contribution in [-0.4, -0.2) is 64.8 Å². The minimum absolute atomic E-state index is 0.123. The molecule has 0 spiro atoms. The molecule has 2 saturated heterocycles. The van der Waals surface area contributed by atoms with Crippen molar-refractivity contribution in [2.24, 2.45) is 24.6 Å². The van der Waals surface area contributed by atoms with Crippen LogP contribution in [0.2, 0.25) is 0 Å². The number of nitrogens with one attached hydrogen (secondary N) is 1. The van der Waals surface area contributed by atoms with Crippen molar-refractivity contribution in [3.8, 4) is 17.3 Å². The van der Waals surface area contributed by atoms with Gasteiger partial charge >= 0.3 is 0 Å². The number of aromatic nitrogens is 3. The first-order valence-electron chi connectivity index (χ1n) is 15.3. The molecule has 2 bridgehead atoms. The number of carbonyl (C=O) groups is 1. The van der Waals surface area contributed by atoms with E-state index in [9.17, 15) is 4.79 Å². The number of fused-ring (bicyclic) bond motifs is 4. The number of ether oxygens (including phenoxy) is 1. The van der Waals surface area contributed by atoms with Crippen LogP contribution < -0.4 is 15.8 Å². The Morgan fingerprint density at radius 2 is 2.00 bits per heavy atom. The molecule has 9 heteroatoms. The molecule has 8 nitrogen and oxygen atoms in total. The number of thiophene rings is 1. The fourth-order valence-electron chi connectivity index (χ4n) is 7.59. The molecular weight excluding hydrogens is 532 g/mol. The molecule has 1 unspecified atom stereocenters. The summed E-state index contributed by atoms with van der Waals surface area (Å²) in [5.41, 5.74) is 11.1. The Morgan fingerprint density at radius 1 is 1.15 bits per heavy atom. The highest BCUT2D eigenvalue weighted by Gasteiger charge is 2.40. The minimum atomic E-state index is 0.123. The number of imidazole rings is 1. The predicted octanol–water partition coefficient (Wildman–Crippen LogP) is 5.34. The van der Waals surface area contributed by atoms with Crippen molar-refractivity contribution in [1.29, 1.82) is 0 Å². The van der Waals surface area contributed by atoms with E-state index in [1.807, 2.05) is 23.5 Å². The summed E-state index contributed by atoms with van der Waals surface area (Å²) in [5.74, 6) is 3.79. The number of aryl methyl sites for hydroxylation is 1. The summed E-state index contributed by atoms with van der Waals surface area (Å²) in [4.78, 5) is 20.9. The highest BCUT2D eigenvalue weighted by Crippen LogP contribution is 2.43. The van der Waals surface area contributed by atoms with Crippen molar-refractivity contribution < 1.29 is 9.53 Å². The lowest BCUT2D eigenvalue weighted by molar-refractivity contribution is 0.0703. The maximum atomic E-state index is 13.6. The van der Waals surface area contributed by atoms with Gasteiger partial charge in [-0.3, -0.25) is 4.79 Å². The van der Waals surface area contributed by atoms with Gasteiger partial charge in [0.25, 0.3) is 5.91 Å². The fraction of sp³-hybridized carbons (Fsp3) is 0.562. The van der Waals surface area contributed by atoms with Gasteiger partial charge < -0.3 is 29.8 Å². The number of piperidine rings is 2. The summed E-state index contributed by atoms with van der Waals surface area (Å²) in [6.07, 6.45) is 8.67. The third kappa shape index (κ3) is 4.57. The van der Waals surface area contributed by atoms with Crippen molar-refractivity contribution >= 4 is 38.5 Å². The van der Waals surface area contributed by atoms with Gasteiger partial charge in [0, 0.05) is 38.3 Å². The number of methoxy groups -OCH3 is 1. The van der Waals surface area contributed by atoms with Gasteiger partial charge in [-0.05, 0) is 105 Å². The van der Waals surface area contributed by atoms with Crippen LogP contribution >= 0.6 is 11.3 Å². The highest BCUT2D eigenvalue weighted by atomic mass is 32.1. The molecule has 1 amide bonds. The van der Waals surface area contributed by atoms with Gasteiger partial charge in [-0.15, -0.1) is 11.3 Å². The monoisotopic (exact) mass is 574 g/mol. The van der Waals surface area contributed by atoms with Crippen LogP contribution in [0.1, 0.15) is 66.8 Å². The first kappa shape index (κ1) is 27.0. The number of nitrogens with zero attached hydrogens (tertiary/aromatic N) is 4.